The van der Waals surface area contributed by atoms with Gasteiger partial charge in [0.1, 0.15) is 5.82 Å². The van der Waals surface area contributed by atoms with E-state index >= 15 is 0 Å². The third-order valence-corrected chi connectivity index (χ3v) is 5.52. The largest absolute Gasteiger partial charge is 0.375 e. The minimum absolute atomic E-state index is 0.0695. The standard InChI is InChI=1S/C19H14Cl2FNO3/c20-12-5-6-13(21)17-16(12)19(26,18(25)23-17)8-15(24)10-3-4-11(9-1-2-9)14(22)7-10/h3-7,9,26H,1-2,8H2,(H,23,25)/t19-/m1/s1. The molecular formula is C19H14Cl2FNO3. The van der Waals surface area contributed by atoms with Crippen molar-refractivity contribution in [3.8, 4) is 0 Å². The van der Waals surface area contributed by atoms with Crippen LogP contribution in [0.3, 0.4) is 0 Å². The van der Waals surface area contributed by atoms with Crippen molar-refractivity contribution in [3.05, 3.63) is 62.9 Å². The number of nitrogens with one attached hydrogen (secondary N) is 1. The van der Waals surface area contributed by atoms with Crippen LogP contribution in [0.15, 0.2) is 30.3 Å². The monoisotopic (exact) mass is 393 g/mol. The van der Waals surface area contributed by atoms with Crippen molar-refractivity contribution in [2.24, 2.45) is 0 Å². The number of hydrogen-bond donors (Lipinski definition) is 2. The van der Waals surface area contributed by atoms with Crippen molar-refractivity contribution >= 4 is 40.6 Å². The van der Waals surface area contributed by atoms with Crippen LogP contribution in [0.1, 0.15) is 46.7 Å². The van der Waals surface area contributed by atoms with Crippen molar-refractivity contribution in [1.29, 1.82) is 0 Å². The zero-order chi connectivity index (χ0) is 18.6. The lowest BCUT2D eigenvalue weighted by Gasteiger charge is -2.21. The molecule has 1 saturated carbocycles. The Morgan fingerprint density at radius 1 is 1.23 bits per heavy atom. The smallest absolute Gasteiger partial charge is 0.261 e. The predicted octanol–water partition coefficient (Wildman–Crippen LogP) is 4.42. The molecule has 4 nitrogen and oxygen atoms in total. The van der Waals surface area contributed by atoms with Crippen LogP contribution >= 0.6 is 23.2 Å². The first-order chi connectivity index (χ1) is 12.3. The molecule has 0 saturated heterocycles. The van der Waals surface area contributed by atoms with Gasteiger partial charge in [0.2, 0.25) is 0 Å². The second kappa shape index (κ2) is 6.05. The summed E-state index contributed by atoms with van der Waals surface area (Å²) in [5.41, 5.74) is -1.20. The van der Waals surface area contributed by atoms with Gasteiger partial charge in [-0.05, 0) is 42.5 Å². The van der Waals surface area contributed by atoms with Crippen LogP contribution in [0.5, 0.6) is 0 Å². The van der Waals surface area contributed by atoms with Crippen LogP contribution in [0.2, 0.25) is 10.0 Å². The first-order valence-corrected chi connectivity index (χ1v) is 8.92. The summed E-state index contributed by atoms with van der Waals surface area (Å²) in [6, 6.07) is 7.21. The summed E-state index contributed by atoms with van der Waals surface area (Å²) in [5.74, 6) is -1.57. The summed E-state index contributed by atoms with van der Waals surface area (Å²) >= 11 is 12.2. The number of fused-ring (bicyclic) bond motifs is 1. The third kappa shape index (κ3) is 2.71. The fourth-order valence-corrected chi connectivity index (χ4v) is 3.86. The number of benzene rings is 2. The molecule has 7 heteroatoms. The molecule has 1 aliphatic heterocycles. The SMILES string of the molecule is O=C(C[C@]1(O)C(=O)Nc2c(Cl)ccc(Cl)c21)c1ccc(C2CC2)c(F)c1. The number of rotatable bonds is 4. The fourth-order valence-electron chi connectivity index (χ4n) is 3.34. The summed E-state index contributed by atoms with van der Waals surface area (Å²) in [6.45, 7) is 0. The van der Waals surface area contributed by atoms with Crippen LogP contribution in [-0.2, 0) is 10.4 Å². The van der Waals surface area contributed by atoms with Gasteiger partial charge in [0.05, 0.1) is 17.1 Å². The van der Waals surface area contributed by atoms with Gasteiger partial charge < -0.3 is 10.4 Å². The third-order valence-electron chi connectivity index (χ3n) is 4.89. The molecular weight excluding hydrogens is 380 g/mol. The second-order valence-corrected chi connectivity index (χ2v) is 7.52. The van der Waals surface area contributed by atoms with E-state index in [2.05, 4.69) is 5.32 Å². The molecule has 0 radical (unpaired) electrons. The van der Waals surface area contributed by atoms with E-state index in [9.17, 15) is 19.1 Å². The van der Waals surface area contributed by atoms with E-state index in [4.69, 9.17) is 23.2 Å². The maximum Gasteiger partial charge on any atom is 0.261 e. The molecule has 1 amide bonds. The Morgan fingerprint density at radius 2 is 1.92 bits per heavy atom. The minimum atomic E-state index is -2.15. The molecule has 4 rings (SSSR count). The van der Waals surface area contributed by atoms with Crippen molar-refractivity contribution in [2.45, 2.75) is 30.8 Å². The van der Waals surface area contributed by atoms with E-state index in [0.29, 0.717) is 5.56 Å². The lowest BCUT2D eigenvalue weighted by molar-refractivity contribution is -0.133. The van der Waals surface area contributed by atoms with Gasteiger partial charge in [0.25, 0.3) is 5.91 Å². The molecule has 1 fully saturated rings. The normalized spacial score (nSPS) is 21.5. The number of hydrogen-bond acceptors (Lipinski definition) is 3. The van der Waals surface area contributed by atoms with Gasteiger partial charge in [-0.1, -0.05) is 35.3 Å². The Bertz CT molecular complexity index is 958. The van der Waals surface area contributed by atoms with E-state index in [1.54, 1.807) is 6.07 Å². The summed E-state index contributed by atoms with van der Waals surface area (Å²) in [5, 5.41) is 13.7. The molecule has 0 bridgehead atoms. The zero-order valence-electron chi connectivity index (χ0n) is 13.5. The number of aliphatic hydroxyl groups is 1. The number of halogens is 3. The molecule has 2 aliphatic rings. The molecule has 0 unspecified atom stereocenters. The van der Waals surface area contributed by atoms with Gasteiger partial charge in [0, 0.05) is 16.1 Å². The molecule has 2 aromatic carbocycles. The molecule has 1 heterocycles. The Kier molecular flexibility index (Phi) is 4.06. The van der Waals surface area contributed by atoms with Crippen molar-refractivity contribution in [2.75, 3.05) is 5.32 Å². The summed E-state index contributed by atoms with van der Waals surface area (Å²) < 4.78 is 14.2. The lowest BCUT2D eigenvalue weighted by Crippen LogP contribution is -2.36. The Hall–Kier alpha value is -1.95. The highest BCUT2D eigenvalue weighted by Crippen LogP contribution is 2.46. The summed E-state index contributed by atoms with van der Waals surface area (Å²) in [7, 11) is 0. The quantitative estimate of drug-likeness (QED) is 0.755. The van der Waals surface area contributed by atoms with Gasteiger partial charge in [0.15, 0.2) is 11.4 Å². The topological polar surface area (TPSA) is 66.4 Å². The van der Waals surface area contributed by atoms with Crippen LogP contribution in [0.25, 0.3) is 0 Å². The van der Waals surface area contributed by atoms with E-state index in [1.807, 2.05) is 0 Å². The molecule has 26 heavy (non-hydrogen) atoms. The highest BCUT2D eigenvalue weighted by Gasteiger charge is 2.49. The summed E-state index contributed by atoms with van der Waals surface area (Å²) in [4.78, 5) is 25.0. The number of carbonyl (C=O) groups is 2. The average Bonchev–Trinajstić information content (AvgIpc) is 3.38. The number of amides is 1. The average molecular weight is 394 g/mol. The molecule has 0 spiro atoms. The second-order valence-electron chi connectivity index (χ2n) is 6.70. The lowest BCUT2D eigenvalue weighted by atomic mass is 9.87. The van der Waals surface area contributed by atoms with E-state index in [1.165, 1.54) is 18.2 Å². The fraction of sp³-hybridized carbons (Fsp3) is 0.263. The molecule has 134 valence electrons. The maximum absolute atomic E-state index is 14.2. The van der Waals surface area contributed by atoms with Crippen LogP contribution < -0.4 is 5.32 Å². The molecule has 2 aromatic rings. The minimum Gasteiger partial charge on any atom is -0.375 e. The van der Waals surface area contributed by atoms with E-state index in [-0.39, 0.29) is 32.8 Å². The van der Waals surface area contributed by atoms with Gasteiger partial charge in [-0.3, -0.25) is 9.59 Å². The maximum atomic E-state index is 14.2. The number of Topliss-reactive ketones (excluding diaryl/α,β-unsaturated/α-hetero) is 1. The van der Waals surface area contributed by atoms with Gasteiger partial charge in [-0.2, -0.15) is 0 Å². The van der Waals surface area contributed by atoms with Crippen molar-refractivity contribution < 1.29 is 19.1 Å². The molecule has 1 aliphatic carbocycles. The van der Waals surface area contributed by atoms with Crippen molar-refractivity contribution in [1.82, 2.24) is 0 Å². The number of anilines is 1. The highest BCUT2D eigenvalue weighted by atomic mass is 35.5. The van der Waals surface area contributed by atoms with Gasteiger partial charge in [-0.15, -0.1) is 0 Å². The number of ketones is 1. The van der Waals surface area contributed by atoms with Crippen LogP contribution in [-0.4, -0.2) is 16.8 Å². The Balaban J connectivity index is 1.67. The van der Waals surface area contributed by atoms with Crippen molar-refractivity contribution in [3.63, 3.8) is 0 Å². The zero-order valence-corrected chi connectivity index (χ0v) is 15.0. The molecule has 2 N–H and O–H groups in total. The summed E-state index contributed by atoms with van der Waals surface area (Å²) in [6.07, 6.45) is 1.33. The van der Waals surface area contributed by atoms with Crippen LogP contribution in [0.4, 0.5) is 10.1 Å². The van der Waals surface area contributed by atoms with Gasteiger partial charge in [-0.25, -0.2) is 4.39 Å². The predicted molar refractivity (Wildman–Crippen MR) is 96.3 cm³/mol. The Morgan fingerprint density at radius 3 is 2.58 bits per heavy atom. The van der Waals surface area contributed by atoms with E-state index in [0.717, 1.165) is 18.9 Å². The van der Waals surface area contributed by atoms with Gasteiger partial charge >= 0.3 is 0 Å². The first kappa shape index (κ1) is 17.5. The van der Waals surface area contributed by atoms with E-state index < -0.39 is 29.5 Å². The molecule has 1 atom stereocenters. The van der Waals surface area contributed by atoms with Crippen LogP contribution in [0, 0.1) is 5.82 Å². The highest BCUT2D eigenvalue weighted by molar-refractivity contribution is 6.38. The first-order valence-electron chi connectivity index (χ1n) is 8.16. The Labute approximate surface area is 158 Å². The number of carbonyl (C=O) groups excluding carboxylic acids is 2. The molecule has 0 aromatic heterocycles.